The molecule has 2 aromatic rings. The van der Waals surface area contributed by atoms with Crippen LogP contribution in [0.25, 0.3) is 11.3 Å². The number of aromatic nitrogens is 2. The van der Waals surface area contributed by atoms with Crippen LogP contribution >= 0.6 is 0 Å². The molecule has 1 aliphatic carbocycles. The van der Waals surface area contributed by atoms with Crippen LogP contribution in [0.4, 0.5) is 0 Å². The summed E-state index contributed by atoms with van der Waals surface area (Å²) in [7, 11) is 0. The second-order valence-corrected chi connectivity index (χ2v) is 7.01. The van der Waals surface area contributed by atoms with Crippen molar-refractivity contribution in [2.24, 2.45) is 16.8 Å². The van der Waals surface area contributed by atoms with Crippen LogP contribution in [0.1, 0.15) is 42.9 Å². The van der Waals surface area contributed by atoms with E-state index in [0.29, 0.717) is 0 Å². The second kappa shape index (κ2) is 5.89. The predicted octanol–water partition coefficient (Wildman–Crippen LogP) is 3.30. The van der Waals surface area contributed by atoms with Crippen molar-refractivity contribution in [1.29, 1.82) is 0 Å². The number of amidine groups is 1. The van der Waals surface area contributed by atoms with E-state index >= 15 is 0 Å². The Morgan fingerprint density at radius 3 is 3.00 bits per heavy atom. The topological polar surface area (TPSA) is 59.3 Å². The molecule has 5 heteroatoms. The Balaban J connectivity index is 1.60. The molecule has 1 aliphatic heterocycles. The highest BCUT2D eigenvalue weighted by Crippen LogP contribution is 2.29. The highest BCUT2D eigenvalue weighted by Gasteiger charge is 2.24. The maximum absolute atomic E-state index is 12.2. The van der Waals surface area contributed by atoms with Gasteiger partial charge in [-0.3, -0.25) is 15.2 Å². The van der Waals surface area contributed by atoms with Crippen LogP contribution in [-0.2, 0) is 6.42 Å². The number of Topliss-reactive ketones (excluding diaryl/α,β-unsaturated/α-hetero) is 1. The average molecular weight is 322 g/mol. The SMILES string of the molecule is CC(C)C(=O)c1cccc(-c2cnc3n2NC(=NCC2CC2)C3)c1. The van der Waals surface area contributed by atoms with Gasteiger partial charge in [0.2, 0.25) is 0 Å². The van der Waals surface area contributed by atoms with E-state index in [1.165, 1.54) is 12.8 Å². The zero-order chi connectivity index (χ0) is 16.7. The summed E-state index contributed by atoms with van der Waals surface area (Å²) in [6, 6.07) is 7.78. The van der Waals surface area contributed by atoms with Gasteiger partial charge in [0.15, 0.2) is 5.78 Å². The summed E-state index contributed by atoms with van der Waals surface area (Å²) in [6.45, 7) is 4.77. The average Bonchev–Trinajstić information content (AvgIpc) is 3.20. The zero-order valence-electron chi connectivity index (χ0n) is 14.1. The summed E-state index contributed by atoms with van der Waals surface area (Å²) in [6.07, 6.45) is 5.23. The molecule has 0 radical (unpaired) electrons. The van der Waals surface area contributed by atoms with Crippen LogP contribution in [0.3, 0.4) is 0 Å². The Morgan fingerprint density at radius 2 is 2.25 bits per heavy atom. The van der Waals surface area contributed by atoms with E-state index < -0.39 is 0 Å². The molecule has 0 saturated heterocycles. The lowest BCUT2D eigenvalue weighted by Gasteiger charge is -2.09. The second-order valence-electron chi connectivity index (χ2n) is 7.01. The summed E-state index contributed by atoms with van der Waals surface area (Å²) < 4.78 is 1.99. The van der Waals surface area contributed by atoms with Crippen LogP contribution in [0.5, 0.6) is 0 Å². The third kappa shape index (κ3) is 2.86. The van der Waals surface area contributed by atoms with E-state index in [0.717, 1.165) is 47.4 Å². The summed E-state index contributed by atoms with van der Waals surface area (Å²) >= 11 is 0. The maximum Gasteiger partial charge on any atom is 0.165 e. The van der Waals surface area contributed by atoms with Gasteiger partial charge in [-0.25, -0.2) is 9.66 Å². The zero-order valence-corrected chi connectivity index (χ0v) is 14.1. The number of imidazole rings is 1. The Kier molecular flexibility index (Phi) is 3.71. The molecular formula is C19H22N4O. The van der Waals surface area contributed by atoms with Crippen LogP contribution in [-0.4, -0.2) is 27.8 Å². The highest BCUT2D eigenvalue weighted by atomic mass is 16.1. The van der Waals surface area contributed by atoms with E-state index in [-0.39, 0.29) is 11.7 Å². The van der Waals surface area contributed by atoms with Crippen molar-refractivity contribution >= 4 is 11.6 Å². The van der Waals surface area contributed by atoms with Crippen molar-refractivity contribution in [1.82, 2.24) is 9.66 Å². The minimum atomic E-state index is -0.00399. The number of nitrogens with zero attached hydrogens (tertiary/aromatic N) is 3. The fourth-order valence-corrected chi connectivity index (χ4v) is 2.96. The minimum Gasteiger partial charge on any atom is -0.294 e. The number of hydrogen-bond acceptors (Lipinski definition) is 3. The molecule has 4 rings (SSSR count). The van der Waals surface area contributed by atoms with Crippen molar-refractivity contribution in [3.63, 3.8) is 0 Å². The summed E-state index contributed by atoms with van der Waals surface area (Å²) in [4.78, 5) is 21.4. The largest absolute Gasteiger partial charge is 0.294 e. The Morgan fingerprint density at radius 1 is 1.42 bits per heavy atom. The van der Waals surface area contributed by atoms with Gasteiger partial charge in [0.1, 0.15) is 11.7 Å². The maximum atomic E-state index is 12.2. The molecule has 0 amide bonds. The van der Waals surface area contributed by atoms with Gasteiger partial charge in [-0.1, -0.05) is 32.0 Å². The van der Waals surface area contributed by atoms with Gasteiger partial charge in [-0.2, -0.15) is 0 Å². The molecule has 0 spiro atoms. The molecule has 2 heterocycles. The number of carbonyl (C=O) groups excluding carboxylic acids is 1. The van der Waals surface area contributed by atoms with Gasteiger partial charge in [0.25, 0.3) is 0 Å². The Labute approximate surface area is 141 Å². The normalized spacial score (nSPS) is 18.0. The number of aliphatic imine (C=N–C) groups is 1. The molecule has 5 nitrogen and oxygen atoms in total. The smallest absolute Gasteiger partial charge is 0.165 e. The lowest BCUT2D eigenvalue weighted by atomic mass is 9.99. The summed E-state index contributed by atoms with van der Waals surface area (Å²) in [5, 5.41) is 0. The van der Waals surface area contributed by atoms with Crippen molar-refractivity contribution in [3.8, 4) is 11.3 Å². The van der Waals surface area contributed by atoms with Crippen molar-refractivity contribution in [2.75, 3.05) is 12.0 Å². The number of rotatable bonds is 5. The number of benzene rings is 1. The molecule has 24 heavy (non-hydrogen) atoms. The lowest BCUT2D eigenvalue weighted by molar-refractivity contribution is 0.0939. The minimum absolute atomic E-state index is 0.00399. The predicted molar refractivity (Wildman–Crippen MR) is 94.9 cm³/mol. The monoisotopic (exact) mass is 322 g/mol. The fourth-order valence-electron chi connectivity index (χ4n) is 2.96. The standard InChI is InChI=1S/C19H22N4O/c1-12(2)19(24)15-5-3-4-14(8-15)16-11-21-18-9-17(22-23(16)18)20-10-13-6-7-13/h3-5,8,11-13H,6-7,9-10H2,1-2H3,(H,20,22). The van der Waals surface area contributed by atoms with Crippen LogP contribution in [0, 0.1) is 11.8 Å². The van der Waals surface area contributed by atoms with E-state index in [1.54, 1.807) is 0 Å². The third-order valence-corrected chi connectivity index (χ3v) is 4.61. The van der Waals surface area contributed by atoms with E-state index in [1.807, 2.05) is 49.0 Å². The number of hydrogen-bond donors (Lipinski definition) is 1. The number of nitrogens with one attached hydrogen (secondary N) is 1. The molecule has 1 saturated carbocycles. The van der Waals surface area contributed by atoms with E-state index in [4.69, 9.17) is 0 Å². The Bertz CT molecular complexity index is 815. The van der Waals surface area contributed by atoms with E-state index in [9.17, 15) is 4.79 Å². The molecule has 0 bridgehead atoms. The van der Waals surface area contributed by atoms with Gasteiger partial charge in [-0.15, -0.1) is 0 Å². The van der Waals surface area contributed by atoms with Crippen molar-refractivity contribution in [2.45, 2.75) is 33.1 Å². The van der Waals surface area contributed by atoms with Crippen LogP contribution in [0.15, 0.2) is 35.5 Å². The molecule has 124 valence electrons. The summed E-state index contributed by atoms with van der Waals surface area (Å²) in [5.74, 6) is 2.90. The molecule has 0 unspecified atom stereocenters. The highest BCUT2D eigenvalue weighted by molar-refractivity contribution is 5.98. The fraction of sp³-hybridized carbons (Fsp3) is 0.421. The molecular weight excluding hydrogens is 300 g/mol. The van der Waals surface area contributed by atoms with Crippen molar-refractivity contribution < 1.29 is 4.79 Å². The first kappa shape index (κ1) is 15.1. The molecule has 1 N–H and O–H groups in total. The Hall–Kier alpha value is -2.43. The van der Waals surface area contributed by atoms with E-state index in [2.05, 4.69) is 15.4 Å². The molecule has 1 aromatic heterocycles. The van der Waals surface area contributed by atoms with Crippen LogP contribution in [0.2, 0.25) is 0 Å². The van der Waals surface area contributed by atoms with Gasteiger partial charge in [0, 0.05) is 23.6 Å². The van der Waals surface area contributed by atoms with Gasteiger partial charge < -0.3 is 0 Å². The van der Waals surface area contributed by atoms with Crippen molar-refractivity contribution in [3.05, 3.63) is 41.9 Å². The quantitative estimate of drug-likeness (QED) is 0.859. The first-order valence-electron chi connectivity index (χ1n) is 8.63. The number of carbonyl (C=O) groups is 1. The molecule has 0 atom stereocenters. The van der Waals surface area contributed by atoms with Gasteiger partial charge in [0.05, 0.1) is 18.3 Å². The summed E-state index contributed by atoms with van der Waals surface area (Å²) in [5.41, 5.74) is 6.07. The molecule has 1 aromatic carbocycles. The number of fused-ring (bicyclic) bond motifs is 1. The third-order valence-electron chi connectivity index (χ3n) is 4.61. The van der Waals surface area contributed by atoms with Gasteiger partial charge >= 0.3 is 0 Å². The first-order valence-corrected chi connectivity index (χ1v) is 8.63. The van der Waals surface area contributed by atoms with Gasteiger partial charge in [-0.05, 0) is 24.8 Å². The number of ketones is 1. The lowest BCUT2D eigenvalue weighted by Crippen LogP contribution is -2.16. The molecule has 2 aliphatic rings. The van der Waals surface area contributed by atoms with Crippen LogP contribution < -0.4 is 5.43 Å². The molecule has 1 fully saturated rings. The first-order chi connectivity index (χ1) is 11.6.